The van der Waals surface area contributed by atoms with Gasteiger partial charge in [-0.2, -0.15) is 0 Å². The van der Waals surface area contributed by atoms with Crippen LogP contribution in [0.15, 0.2) is 48.5 Å². The molecule has 3 N–H and O–H groups in total. The number of nitrogen functional groups attached to an aromatic ring is 1. The molecule has 0 saturated heterocycles. The van der Waals surface area contributed by atoms with Gasteiger partial charge in [0.2, 0.25) is 5.91 Å². The number of nitrogens with two attached hydrogens (primary N) is 1. The van der Waals surface area contributed by atoms with Crippen LogP contribution in [0.2, 0.25) is 0 Å². The molecule has 2 aromatic rings. The van der Waals surface area contributed by atoms with Crippen molar-refractivity contribution in [1.29, 1.82) is 0 Å². The van der Waals surface area contributed by atoms with E-state index in [1.807, 2.05) is 31.2 Å². The molecule has 0 aromatic heterocycles. The molecule has 0 aliphatic rings. The molecule has 0 heterocycles. The largest absolute Gasteiger partial charge is 0.495 e. The van der Waals surface area contributed by atoms with E-state index in [1.54, 1.807) is 31.4 Å². The fraction of sp³-hybridized carbons (Fsp3) is 0.211. The number of hydrogen-bond donors (Lipinski definition) is 2. The summed E-state index contributed by atoms with van der Waals surface area (Å²) in [5, 5.41) is 2.78. The number of carbonyl (C=O) groups is 1. The Morgan fingerprint density at radius 3 is 2.71 bits per heavy atom. The number of benzene rings is 2. The Hall–Kier alpha value is -2.95. The highest BCUT2D eigenvalue weighted by Crippen LogP contribution is 2.24. The molecule has 0 atom stereocenters. The van der Waals surface area contributed by atoms with Crippen molar-refractivity contribution in [2.24, 2.45) is 0 Å². The Morgan fingerprint density at radius 1 is 1.21 bits per heavy atom. The maximum atomic E-state index is 12.0. The number of carbonyl (C=O) groups excluding carboxylic acids is 1. The maximum Gasteiger partial charge on any atom is 0.248 e. The minimum Gasteiger partial charge on any atom is -0.495 e. The number of hydrogen-bond acceptors (Lipinski definition) is 4. The fourth-order valence-electron chi connectivity index (χ4n) is 2.11. The summed E-state index contributed by atoms with van der Waals surface area (Å²) in [6, 6.07) is 12.7. The predicted molar refractivity (Wildman–Crippen MR) is 97.3 cm³/mol. The van der Waals surface area contributed by atoms with E-state index in [0.29, 0.717) is 29.5 Å². The molecule has 0 aliphatic carbocycles. The molecule has 0 radical (unpaired) electrons. The maximum absolute atomic E-state index is 12.0. The average Bonchev–Trinajstić information content (AvgIpc) is 2.59. The molecule has 0 bridgehead atoms. The summed E-state index contributed by atoms with van der Waals surface area (Å²) in [7, 11) is 1.56. The third kappa shape index (κ3) is 4.78. The van der Waals surface area contributed by atoms with Gasteiger partial charge in [-0.05, 0) is 42.3 Å². The normalized spacial score (nSPS) is 10.6. The first-order valence-electron chi connectivity index (χ1n) is 7.78. The van der Waals surface area contributed by atoms with Crippen LogP contribution in [0.1, 0.15) is 18.9 Å². The molecular weight excluding hydrogens is 304 g/mol. The lowest BCUT2D eigenvalue weighted by Gasteiger charge is -2.09. The predicted octanol–water partition coefficient (Wildman–Crippen LogP) is 3.72. The van der Waals surface area contributed by atoms with Gasteiger partial charge < -0.3 is 20.5 Å². The topological polar surface area (TPSA) is 73.6 Å². The zero-order chi connectivity index (χ0) is 17.4. The number of amides is 1. The molecule has 0 unspecified atom stereocenters. The van der Waals surface area contributed by atoms with Gasteiger partial charge >= 0.3 is 0 Å². The molecular formula is C19H22N2O3. The van der Waals surface area contributed by atoms with E-state index >= 15 is 0 Å². The number of anilines is 2. The number of ether oxygens (including phenoxy) is 2. The zero-order valence-electron chi connectivity index (χ0n) is 13.9. The Bertz CT molecular complexity index is 726. The van der Waals surface area contributed by atoms with Gasteiger partial charge in [0.1, 0.15) is 11.5 Å². The summed E-state index contributed by atoms with van der Waals surface area (Å²) in [5.41, 5.74) is 7.95. The summed E-state index contributed by atoms with van der Waals surface area (Å²) < 4.78 is 10.7. The standard InChI is InChI=1S/C19H22N2O3/c1-3-12-24-17-10-8-14(13-15(17)20)9-11-19(22)21-16-6-4-5-7-18(16)23-2/h4-11,13H,3,12,20H2,1-2H3,(H,21,22)/b11-9-. The van der Waals surface area contributed by atoms with Crippen molar-refractivity contribution in [1.82, 2.24) is 0 Å². The van der Waals surface area contributed by atoms with Gasteiger partial charge in [-0.3, -0.25) is 4.79 Å². The van der Waals surface area contributed by atoms with Crippen molar-refractivity contribution in [3.8, 4) is 11.5 Å². The van der Waals surface area contributed by atoms with E-state index < -0.39 is 0 Å². The van der Waals surface area contributed by atoms with Crippen LogP contribution in [0.3, 0.4) is 0 Å². The smallest absolute Gasteiger partial charge is 0.248 e. The van der Waals surface area contributed by atoms with Crippen LogP contribution in [0.25, 0.3) is 6.08 Å². The van der Waals surface area contributed by atoms with Crippen molar-refractivity contribution in [3.05, 3.63) is 54.1 Å². The highest BCUT2D eigenvalue weighted by Gasteiger charge is 2.04. The Morgan fingerprint density at radius 2 is 2.00 bits per heavy atom. The molecule has 0 aliphatic heterocycles. The lowest BCUT2D eigenvalue weighted by atomic mass is 10.1. The van der Waals surface area contributed by atoms with Crippen LogP contribution >= 0.6 is 0 Å². The van der Waals surface area contributed by atoms with Crippen LogP contribution in [-0.4, -0.2) is 19.6 Å². The van der Waals surface area contributed by atoms with Gasteiger partial charge in [-0.15, -0.1) is 0 Å². The highest BCUT2D eigenvalue weighted by molar-refractivity contribution is 6.02. The first-order valence-corrected chi connectivity index (χ1v) is 7.78. The lowest BCUT2D eigenvalue weighted by Crippen LogP contribution is -2.08. The number of rotatable bonds is 7. The van der Waals surface area contributed by atoms with Crippen LogP contribution < -0.4 is 20.5 Å². The highest BCUT2D eigenvalue weighted by atomic mass is 16.5. The van der Waals surface area contributed by atoms with E-state index in [9.17, 15) is 4.79 Å². The minimum atomic E-state index is -0.246. The molecule has 0 saturated carbocycles. The van der Waals surface area contributed by atoms with Crippen LogP contribution in [-0.2, 0) is 4.79 Å². The van der Waals surface area contributed by atoms with Gasteiger partial charge in [0.15, 0.2) is 0 Å². The zero-order valence-corrected chi connectivity index (χ0v) is 13.9. The second-order valence-corrected chi connectivity index (χ2v) is 5.17. The summed E-state index contributed by atoms with van der Waals surface area (Å²) in [6.45, 7) is 2.66. The van der Waals surface area contributed by atoms with Crippen molar-refractivity contribution in [2.45, 2.75) is 13.3 Å². The van der Waals surface area contributed by atoms with Gasteiger partial charge in [-0.25, -0.2) is 0 Å². The van der Waals surface area contributed by atoms with Crippen molar-refractivity contribution >= 4 is 23.4 Å². The molecule has 1 amide bonds. The molecule has 126 valence electrons. The molecule has 0 fully saturated rings. The van der Waals surface area contributed by atoms with E-state index in [4.69, 9.17) is 15.2 Å². The Balaban J connectivity index is 2.02. The van der Waals surface area contributed by atoms with Crippen molar-refractivity contribution in [2.75, 3.05) is 24.8 Å². The van der Waals surface area contributed by atoms with Gasteiger partial charge in [-0.1, -0.05) is 25.1 Å². The summed E-state index contributed by atoms with van der Waals surface area (Å²) in [4.78, 5) is 12.0. The second-order valence-electron chi connectivity index (χ2n) is 5.17. The Kier molecular flexibility index (Phi) is 6.25. The molecule has 2 rings (SSSR count). The summed E-state index contributed by atoms with van der Waals surface area (Å²) in [5.74, 6) is 1.03. The molecule has 5 heteroatoms. The lowest BCUT2D eigenvalue weighted by molar-refractivity contribution is -0.111. The minimum absolute atomic E-state index is 0.246. The Labute approximate surface area is 142 Å². The first-order chi connectivity index (χ1) is 11.6. The fourth-order valence-corrected chi connectivity index (χ4v) is 2.11. The number of nitrogens with one attached hydrogen (secondary N) is 1. The molecule has 2 aromatic carbocycles. The number of methoxy groups -OCH3 is 1. The molecule has 0 spiro atoms. The van der Waals surface area contributed by atoms with Crippen molar-refractivity contribution < 1.29 is 14.3 Å². The van der Waals surface area contributed by atoms with Gasteiger partial charge in [0, 0.05) is 6.08 Å². The first kappa shape index (κ1) is 17.4. The SMILES string of the molecule is CCCOc1ccc(/C=C\C(=O)Nc2ccccc2OC)cc1N. The summed E-state index contributed by atoms with van der Waals surface area (Å²) in [6.07, 6.45) is 4.07. The monoisotopic (exact) mass is 326 g/mol. The number of para-hydroxylation sites is 2. The van der Waals surface area contributed by atoms with E-state index in [0.717, 1.165) is 12.0 Å². The van der Waals surface area contributed by atoms with E-state index in [2.05, 4.69) is 5.32 Å². The third-order valence-corrected chi connectivity index (χ3v) is 3.29. The molecule has 5 nitrogen and oxygen atoms in total. The van der Waals surface area contributed by atoms with Crippen LogP contribution in [0.4, 0.5) is 11.4 Å². The summed E-state index contributed by atoms with van der Waals surface area (Å²) >= 11 is 0. The van der Waals surface area contributed by atoms with E-state index in [1.165, 1.54) is 6.08 Å². The second kappa shape index (κ2) is 8.62. The van der Waals surface area contributed by atoms with Gasteiger partial charge in [0.25, 0.3) is 0 Å². The average molecular weight is 326 g/mol. The van der Waals surface area contributed by atoms with E-state index in [-0.39, 0.29) is 5.91 Å². The van der Waals surface area contributed by atoms with Crippen LogP contribution in [0, 0.1) is 0 Å². The van der Waals surface area contributed by atoms with Gasteiger partial charge in [0.05, 0.1) is 25.1 Å². The van der Waals surface area contributed by atoms with Crippen molar-refractivity contribution in [3.63, 3.8) is 0 Å². The third-order valence-electron chi connectivity index (χ3n) is 3.29. The van der Waals surface area contributed by atoms with Crippen LogP contribution in [0.5, 0.6) is 11.5 Å². The molecule has 24 heavy (non-hydrogen) atoms. The quantitative estimate of drug-likeness (QED) is 0.601.